The number of carbonyl (C=O) groups is 1. The molecule has 0 radical (unpaired) electrons. The summed E-state index contributed by atoms with van der Waals surface area (Å²) < 4.78 is 4.64. The quantitative estimate of drug-likeness (QED) is 0.204. The summed E-state index contributed by atoms with van der Waals surface area (Å²) in [5.74, 6) is -0.256. The zero-order valence-corrected chi connectivity index (χ0v) is 14.4. The van der Waals surface area contributed by atoms with Crippen LogP contribution < -0.4 is 0 Å². The molecule has 2 nitrogen and oxygen atoms in total. The minimum atomic E-state index is -0.256. The summed E-state index contributed by atoms with van der Waals surface area (Å²) >= 11 is 0. The van der Waals surface area contributed by atoms with E-state index in [9.17, 15) is 4.79 Å². The number of methoxy groups -OCH3 is 1. The molecule has 0 bridgehead atoms. The zero-order valence-electron chi connectivity index (χ0n) is 14.4. The van der Waals surface area contributed by atoms with Gasteiger partial charge in [-0.2, -0.15) is 0 Å². The molecule has 0 aromatic carbocycles. The maximum Gasteiger partial charge on any atom is 0.333 e. The van der Waals surface area contributed by atoms with E-state index in [1.165, 1.54) is 84.2 Å². The van der Waals surface area contributed by atoms with Gasteiger partial charge in [-0.15, -0.1) is 0 Å². The second-order valence-corrected chi connectivity index (χ2v) is 6.09. The van der Waals surface area contributed by atoms with Crippen LogP contribution in [0, 0.1) is 0 Å². The van der Waals surface area contributed by atoms with Crippen LogP contribution in [0.25, 0.3) is 0 Å². The Morgan fingerprint density at radius 2 is 1.14 bits per heavy atom. The van der Waals surface area contributed by atoms with E-state index in [1.54, 1.807) is 0 Å². The Morgan fingerprint density at radius 1 is 0.762 bits per heavy atom. The standard InChI is InChI=1S/C19H36O2/c1-4-5-6-7-8-9-10-11-12-13-14-15-16-17-18(2)19(20)21-3/h2,4-17H2,1,3H3. The first kappa shape index (κ1) is 20.2. The van der Waals surface area contributed by atoms with Crippen molar-refractivity contribution in [3.63, 3.8) is 0 Å². The molecule has 0 N–H and O–H groups in total. The van der Waals surface area contributed by atoms with Crippen molar-refractivity contribution >= 4 is 5.97 Å². The largest absolute Gasteiger partial charge is 0.466 e. The van der Waals surface area contributed by atoms with Crippen molar-refractivity contribution in [3.05, 3.63) is 12.2 Å². The molecular formula is C19H36O2. The Labute approximate surface area is 132 Å². The van der Waals surface area contributed by atoms with Gasteiger partial charge in [-0.3, -0.25) is 0 Å². The zero-order chi connectivity index (χ0) is 15.8. The molecule has 0 saturated carbocycles. The van der Waals surface area contributed by atoms with Crippen LogP contribution in [0.15, 0.2) is 12.2 Å². The molecule has 0 aromatic rings. The maximum absolute atomic E-state index is 11.1. The van der Waals surface area contributed by atoms with Crippen LogP contribution in [-0.2, 0) is 9.53 Å². The molecule has 2 heteroatoms. The molecule has 21 heavy (non-hydrogen) atoms. The highest BCUT2D eigenvalue weighted by molar-refractivity contribution is 5.87. The van der Waals surface area contributed by atoms with E-state index >= 15 is 0 Å². The first-order valence-electron chi connectivity index (χ1n) is 8.98. The van der Waals surface area contributed by atoms with E-state index in [2.05, 4.69) is 18.2 Å². The predicted molar refractivity (Wildman–Crippen MR) is 91.5 cm³/mol. The predicted octanol–water partition coefficient (Wildman–Crippen LogP) is 6.20. The fourth-order valence-corrected chi connectivity index (χ4v) is 2.60. The van der Waals surface area contributed by atoms with Crippen LogP contribution in [0.1, 0.15) is 96.8 Å². The highest BCUT2D eigenvalue weighted by Crippen LogP contribution is 2.14. The van der Waals surface area contributed by atoms with Gasteiger partial charge in [0.1, 0.15) is 0 Å². The number of esters is 1. The van der Waals surface area contributed by atoms with E-state index < -0.39 is 0 Å². The van der Waals surface area contributed by atoms with Gasteiger partial charge in [-0.1, -0.05) is 90.6 Å². The summed E-state index contributed by atoms with van der Waals surface area (Å²) in [4.78, 5) is 11.1. The molecule has 0 rings (SSSR count). The summed E-state index contributed by atoms with van der Waals surface area (Å²) in [6.07, 6.45) is 18.3. The van der Waals surface area contributed by atoms with Gasteiger partial charge >= 0.3 is 5.97 Å². The van der Waals surface area contributed by atoms with Crippen molar-refractivity contribution < 1.29 is 9.53 Å². The van der Waals surface area contributed by atoms with Gasteiger partial charge in [0, 0.05) is 5.57 Å². The second kappa shape index (κ2) is 15.6. The lowest BCUT2D eigenvalue weighted by atomic mass is 10.0. The van der Waals surface area contributed by atoms with Gasteiger partial charge in [0.25, 0.3) is 0 Å². The number of hydrogen-bond acceptors (Lipinski definition) is 2. The van der Waals surface area contributed by atoms with Crippen molar-refractivity contribution in [2.45, 2.75) is 96.8 Å². The Balaban J connectivity index is 3.12. The third-order valence-corrected chi connectivity index (χ3v) is 4.06. The van der Waals surface area contributed by atoms with Gasteiger partial charge in [-0.05, 0) is 12.8 Å². The minimum Gasteiger partial charge on any atom is -0.466 e. The summed E-state index contributed by atoms with van der Waals surface area (Å²) in [6, 6.07) is 0. The molecule has 124 valence electrons. The molecule has 0 unspecified atom stereocenters. The summed E-state index contributed by atoms with van der Waals surface area (Å²) in [5.41, 5.74) is 0.612. The number of rotatable bonds is 15. The lowest BCUT2D eigenvalue weighted by Crippen LogP contribution is -2.03. The van der Waals surface area contributed by atoms with Crippen molar-refractivity contribution in [1.82, 2.24) is 0 Å². The van der Waals surface area contributed by atoms with Crippen LogP contribution in [0.5, 0.6) is 0 Å². The van der Waals surface area contributed by atoms with E-state index in [0.717, 1.165) is 12.8 Å². The lowest BCUT2D eigenvalue weighted by molar-refractivity contribution is -0.136. The Morgan fingerprint density at radius 3 is 1.52 bits per heavy atom. The minimum absolute atomic E-state index is 0.256. The summed E-state index contributed by atoms with van der Waals surface area (Å²) in [5, 5.41) is 0. The third-order valence-electron chi connectivity index (χ3n) is 4.06. The molecule has 0 amide bonds. The van der Waals surface area contributed by atoms with Crippen LogP contribution in [0.4, 0.5) is 0 Å². The average molecular weight is 296 g/mol. The van der Waals surface area contributed by atoms with Crippen molar-refractivity contribution in [2.75, 3.05) is 7.11 Å². The molecule has 0 atom stereocenters. The van der Waals surface area contributed by atoms with E-state index in [4.69, 9.17) is 0 Å². The molecule has 0 fully saturated rings. The first-order chi connectivity index (χ1) is 10.2. The number of ether oxygens (including phenoxy) is 1. The van der Waals surface area contributed by atoms with Crippen molar-refractivity contribution in [1.29, 1.82) is 0 Å². The molecule has 0 aromatic heterocycles. The Kier molecular flexibility index (Phi) is 15.0. The second-order valence-electron chi connectivity index (χ2n) is 6.09. The topological polar surface area (TPSA) is 26.3 Å². The number of carbonyl (C=O) groups excluding carboxylic acids is 1. The number of unbranched alkanes of at least 4 members (excludes halogenated alkanes) is 12. The van der Waals surface area contributed by atoms with E-state index in [-0.39, 0.29) is 5.97 Å². The summed E-state index contributed by atoms with van der Waals surface area (Å²) in [6.45, 7) is 6.01. The SMILES string of the molecule is C=C(CCCCCCCCCCCCCCC)C(=O)OC. The van der Waals surface area contributed by atoms with E-state index in [1.807, 2.05) is 0 Å². The monoisotopic (exact) mass is 296 g/mol. The van der Waals surface area contributed by atoms with Crippen LogP contribution in [-0.4, -0.2) is 13.1 Å². The smallest absolute Gasteiger partial charge is 0.333 e. The average Bonchev–Trinajstić information content (AvgIpc) is 2.50. The molecule has 0 aliphatic rings. The van der Waals surface area contributed by atoms with Crippen LogP contribution in [0.3, 0.4) is 0 Å². The molecule has 0 aliphatic heterocycles. The molecule has 0 spiro atoms. The van der Waals surface area contributed by atoms with Gasteiger partial charge in [0.2, 0.25) is 0 Å². The van der Waals surface area contributed by atoms with Gasteiger partial charge < -0.3 is 4.74 Å². The summed E-state index contributed by atoms with van der Waals surface area (Å²) in [7, 11) is 1.41. The lowest BCUT2D eigenvalue weighted by Gasteiger charge is -2.04. The van der Waals surface area contributed by atoms with Crippen molar-refractivity contribution in [2.24, 2.45) is 0 Å². The Bertz CT molecular complexity index is 258. The van der Waals surface area contributed by atoms with Crippen LogP contribution >= 0.6 is 0 Å². The fraction of sp³-hybridized carbons (Fsp3) is 0.842. The van der Waals surface area contributed by atoms with Gasteiger partial charge in [0.05, 0.1) is 7.11 Å². The highest BCUT2D eigenvalue weighted by atomic mass is 16.5. The highest BCUT2D eigenvalue weighted by Gasteiger charge is 2.05. The first-order valence-corrected chi connectivity index (χ1v) is 8.98. The number of hydrogen-bond donors (Lipinski definition) is 0. The molecule has 0 saturated heterocycles. The van der Waals surface area contributed by atoms with Gasteiger partial charge in [0.15, 0.2) is 0 Å². The normalized spacial score (nSPS) is 10.6. The van der Waals surface area contributed by atoms with Crippen LogP contribution in [0.2, 0.25) is 0 Å². The maximum atomic E-state index is 11.1. The Hall–Kier alpha value is -0.790. The van der Waals surface area contributed by atoms with Crippen molar-refractivity contribution in [3.8, 4) is 0 Å². The fourth-order valence-electron chi connectivity index (χ4n) is 2.60. The van der Waals surface area contributed by atoms with E-state index in [0.29, 0.717) is 5.57 Å². The molecule has 0 heterocycles. The molecule has 0 aliphatic carbocycles. The molecular weight excluding hydrogens is 260 g/mol. The third kappa shape index (κ3) is 13.9. The van der Waals surface area contributed by atoms with Gasteiger partial charge in [-0.25, -0.2) is 4.79 Å².